The molecule has 27 heavy (non-hydrogen) atoms. The lowest BCUT2D eigenvalue weighted by atomic mass is 9.75. The van der Waals surface area contributed by atoms with Gasteiger partial charge in [0.2, 0.25) is 0 Å². The van der Waals surface area contributed by atoms with Crippen LogP contribution in [0.4, 0.5) is 0 Å². The number of nitrogens with zero attached hydrogens (tertiary/aromatic N) is 2. The third-order valence-corrected chi connectivity index (χ3v) is 5.85. The van der Waals surface area contributed by atoms with Crippen LogP contribution in [0.1, 0.15) is 36.9 Å². The van der Waals surface area contributed by atoms with Gasteiger partial charge in [-0.1, -0.05) is 49.4 Å². The van der Waals surface area contributed by atoms with E-state index in [9.17, 15) is 10.2 Å². The molecule has 1 fully saturated rings. The van der Waals surface area contributed by atoms with Crippen molar-refractivity contribution < 1.29 is 10.2 Å². The molecule has 0 aromatic heterocycles. The van der Waals surface area contributed by atoms with E-state index in [4.69, 9.17) is 0 Å². The van der Waals surface area contributed by atoms with Crippen LogP contribution < -0.4 is 0 Å². The maximum absolute atomic E-state index is 11.7. The Kier molecular flexibility index (Phi) is 6.20. The highest BCUT2D eigenvalue weighted by Crippen LogP contribution is 2.41. The number of hydrogen-bond acceptors (Lipinski definition) is 4. The van der Waals surface area contributed by atoms with Gasteiger partial charge >= 0.3 is 0 Å². The van der Waals surface area contributed by atoms with Gasteiger partial charge in [-0.25, -0.2) is 0 Å². The summed E-state index contributed by atoms with van der Waals surface area (Å²) in [5, 5.41) is 21.6. The van der Waals surface area contributed by atoms with Crippen LogP contribution in [0.25, 0.3) is 0 Å². The number of likely N-dealkylation sites (tertiary alicyclic amines) is 1. The maximum Gasteiger partial charge on any atom is 0.115 e. The Morgan fingerprint density at radius 1 is 1.15 bits per heavy atom. The van der Waals surface area contributed by atoms with Gasteiger partial charge in [-0.05, 0) is 50.2 Å². The molecular formula is C23H32N2O2. The Balaban J connectivity index is 1.88. The van der Waals surface area contributed by atoms with Gasteiger partial charge in [0.1, 0.15) is 5.75 Å². The Morgan fingerprint density at radius 3 is 2.52 bits per heavy atom. The second-order valence-electron chi connectivity index (χ2n) is 8.01. The van der Waals surface area contributed by atoms with Crippen molar-refractivity contribution in [3.63, 3.8) is 0 Å². The first-order valence-corrected chi connectivity index (χ1v) is 9.89. The van der Waals surface area contributed by atoms with Gasteiger partial charge in [-0.3, -0.25) is 4.90 Å². The van der Waals surface area contributed by atoms with E-state index in [1.807, 2.05) is 12.1 Å². The lowest BCUT2D eigenvalue weighted by molar-refractivity contribution is -0.0933. The highest BCUT2D eigenvalue weighted by Gasteiger charge is 2.44. The molecule has 1 aliphatic heterocycles. The Labute approximate surface area is 163 Å². The molecule has 0 saturated carbocycles. The predicted octanol–water partition coefficient (Wildman–Crippen LogP) is 3.61. The maximum atomic E-state index is 11.7. The smallest absolute Gasteiger partial charge is 0.115 e. The molecule has 2 N–H and O–H groups in total. The van der Waals surface area contributed by atoms with E-state index in [0.29, 0.717) is 12.5 Å². The van der Waals surface area contributed by atoms with Crippen molar-refractivity contribution in [3.05, 3.63) is 65.7 Å². The van der Waals surface area contributed by atoms with Gasteiger partial charge in [0.25, 0.3) is 0 Å². The van der Waals surface area contributed by atoms with Crippen LogP contribution in [-0.2, 0) is 5.60 Å². The van der Waals surface area contributed by atoms with E-state index < -0.39 is 5.60 Å². The lowest BCUT2D eigenvalue weighted by Gasteiger charge is -2.48. The van der Waals surface area contributed by atoms with Gasteiger partial charge in [-0.15, -0.1) is 0 Å². The summed E-state index contributed by atoms with van der Waals surface area (Å²) >= 11 is 0. The number of benzene rings is 2. The third kappa shape index (κ3) is 4.34. The fourth-order valence-electron chi connectivity index (χ4n) is 4.51. The van der Waals surface area contributed by atoms with Crippen molar-refractivity contribution >= 4 is 0 Å². The second kappa shape index (κ2) is 8.42. The van der Waals surface area contributed by atoms with Crippen LogP contribution in [0.3, 0.4) is 0 Å². The SMILES string of the molecule is CCC(c1ccccc1)N1CCC(O)(c2cccc(O)c2)C(CN(C)C)C1. The average Bonchev–Trinajstić information content (AvgIpc) is 2.65. The summed E-state index contributed by atoms with van der Waals surface area (Å²) in [5.41, 5.74) is 1.24. The molecule has 1 aliphatic rings. The minimum Gasteiger partial charge on any atom is -0.508 e. The Morgan fingerprint density at radius 2 is 1.89 bits per heavy atom. The summed E-state index contributed by atoms with van der Waals surface area (Å²) in [7, 11) is 4.10. The first-order valence-electron chi connectivity index (χ1n) is 9.89. The number of hydrogen-bond donors (Lipinski definition) is 2. The fourth-order valence-corrected chi connectivity index (χ4v) is 4.51. The molecule has 2 aromatic carbocycles. The summed E-state index contributed by atoms with van der Waals surface area (Å²) in [6.07, 6.45) is 1.71. The fraction of sp³-hybridized carbons (Fsp3) is 0.478. The largest absolute Gasteiger partial charge is 0.508 e. The highest BCUT2D eigenvalue weighted by atomic mass is 16.3. The predicted molar refractivity (Wildman–Crippen MR) is 110 cm³/mol. The number of phenols is 1. The minimum absolute atomic E-state index is 0.0702. The highest BCUT2D eigenvalue weighted by molar-refractivity contribution is 5.33. The molecule has 4 heteroatoms. The van der Waals surface area contributed by atoms with Crippen molar-refractivity contribution in [2.24, 2.45) is 5.92 Å². The van der Waals surface area contributed by atoms with Gasteiger partial charge in [-0.2, -0.15) is 0 Å². The van der Waals surface area contributed by atoms with Crippen LogP contribution in [0.15, 0.2) is 54.6 Å². The molecule has 0 spiro atoms. The summed E-state index contributed by atoms with van der Waals surface area (Å²) in [6, 6.07) is 18.2. The quantitative estimate of drug-likeness (QED) is 0.818. The topological polar surface area (TPSA) is 46.9 Å². The van der Waals surface area contributed by atoms with Crippen molar-refractivity contribution in [1.82, 2.24) is 9.80 Å². The van der Waals surface area contributed by atoms with Crippen LogP contribution in [0, 0.1) is 5.92 Å². The van der Waals surface area contributed by atoms with E-state index in [0.717, 1.165) is 31.6 Å². The average molecular weight is 369 g/mol. The van der Waals surface area contributed by atoms with E-state index in [-0.39, 0.29) is 11.7 Å². The van der Waals surface area contributed by atoms with Gasteiger partial charge in [0.05, 0.1) is 5.60 Å². The number of aromatic hydroxyl groups is 1. The van der Waals surface area contributed by atoms with Crippen LogP contribution in [0.2, 0.25) is 0 Å². The molecule has 0 aliphatic carbocycles. The molecule has 1 saturated heterocycles. The molecule has 3 unspecified atom stereocenters. The number of phenolic OH excluding ortho intramolecular Hbond substituents is 1. The molecule has 0 radical (unpaired) electrons. The number of piperidine rings is 1. The first kappa shape index (κ1) is 19.9. The van der Waals surface area contributed by atoms with Gasteiger partial charge < -0.3 is 15.1 Å². The normalized spacial score (nSPS) is 24.9. The van der Waals surface area contributed by atoms with Crippen LogP contribution in [0.5, 0.6) is 5.75 Å². The summed E-state index contributed by atoms with van der Waals surface area (Å²) in [5.74, 6) is 0.281. The van der Waals surface area contributed by atoms with E-state index in [1.54, 1.807) is 12.1 Å². The molecule has 0 bridgehead atoms. The molecule has 2 aromatic rings. The number of rotatable bonds is 6. The zero-order valence-electron chi connectivity index (χ0n) is 16.7. The third-order valence-electron chi connectivity index (χ3n) is 5.85. The van der Waals surface area contributed by atoms with E-state index in [1.165, 1.54) is 5.56 Å². The van der Waals surface area contributed by atoms with Gasteiger partial charge in [0, 0.05) is 31.6 Å². The minimum atomic E-state index is -0.922. The van der Waals surface area contributed by atoms with E-state index >= 15 is 0 Å². The molecule has 3 atom stereocenters. The van der Waals surface area contributed by atoms with Crippen molar-refractivity contribution in [1.29, 1.82) is 0 Å². The van der Waals surface area contributed by atoms with Crippen LogP contribution in [-0.4, -0.2) is 53.7 Å². The standard InChI is InChI=1S/C23H32N2O2/c1-4-22(18-9-6-5-7-10-18)25-14-13-23(27,20(17-25)16-24(2)3)19-11-8-12-21(26)15-19/h5-12,15,20,22,26-27H,4,13-14,16-17H2,1-3H3. The molecular weight excluding hydrogens is 336 g/mol. The molecule has 0 amide bonds. The second-order valence-corrected chi connectivity index (χ2v) is 8.01. The summed E-state index contributed by atoms with van der Waals surface area (Å²) in [6.45, 7) is 4.70. The molecule has 1 heterocycles. The Hall–Kier alpha value is -1.88. The zero-order valence-corrected chi connectivity index (χ0v) is 16.7. The lowest BCUT2D eigenvalue weighted by Crippen LogP contribution is -2.53. The van der Waals surface area contributed by atoms with Crippen molar-refractivity contribution in [2.45, 2.75) is 31.4 Å². The Bertz CT molecular complexity index is 734. The molecule has 146 valence electrons. The summed E-state index contributed by atoms with van der Waals surface area (Å²) in [4.78, 5) is 4.66. The molecule has 4 nitrogen and oxygen atoms in total. The first-order chi connectivity index (χ1) is 12.9. The van der Waals surface area contributed by atoms with Crippen molar-refractivity contribution in [3.8, 4) is 5.75 Å². The number of aliphatic hydroxyl groups is 1. The molecule has 3 rings (SSSR count). The van der Waals surface area contributed by atoms with E-state index in [2.05, 4.69) is 61.2 Å². The van der Waals surface area contributed by atoms with Gasteiger partial charge in [0.15, 0.2) is 0 Å². The van der Waals surface area contributed by atoms with Crippen LogP contribution >= 0.6 is 0 Å². The monoisotopic (exact) mass is 368 g/mol. The van der Waals surface area contributed by atoms with Crippen molar-refractivity contribution in [2.75, 3.05) is 33.7 Å². The zero-order chi connectivity index (χ0) is 19.4. The summed E-state index contributed by atoms with van der Waals surface area (Å²) < 4.78 is 0.